The van der Waals surface area contributed by atoms with Crippen LogP contribution in [0.5, 0.6) is 0 Å². The largest absolute Gasteiger partial charge is 0.494 e. The molecule has 2 aliphatic rings. The summed E-state index contributed by atoms with van der Waals surface area (Å²) >= 11 is 0. The molecular formula is C21H35BN2O2. The van der Waals surface area contributed by atoms with Crippen molar-refractivity contribution in [2.75, 3.05) is 38.1 Å². The highest BCUT2D eigenvalue weighted by molar-refractivity contribution is 6.62. The number of piperazine rings is 1. The summed E-state index contributed by atoms with van der Waals surface area (Å²) in [7, 11) is 1.89. The lowest BCUT2D eigenvalue weighted by Gasteiger charge is -2.37. The average Bonchev–Trinajstić information content (AvgIpc) is 2.75. The van der Waals surface area contributed by atoms with E-state index in [1.165, 1.54) is 11.3 Å². The van der Waals surface area contributed by atoms with E-state index in [9.17, 15) is 0 Å². The van der Waals surface area contributed by atoms with Gasteiger partial charge in [0, 0.05) is 31.9 Å². The highest BCUT2D eigenvalue weighted by Crippen LogP contribution is 2.37. The highest BCUT2D eigenvalue weighted by atomic mass is 16.7. The molecule has 0 unspecified atom stereocenters. The van der Waals surface area contributed by atoms with E-state index in [1.54, 1.807) is 0 Å². The Morgan fingerprint density at radius 3 is 1.96 bits per heavy atom. The first kappa shape index (κ1) is 19.7. The van der Waals surface area contributed by atoms with E-state index < -0.39 is 0 Å². The van der Waals surface area contributed by atoms with Crippen molar-refractivity contribution in [3.05, 3.63) is 23.8 Å². The second-order valence-corrected chi connectivity index (χ2v) is 9.91. The van der Waals surface area contributed by atoms with Gasteiger partial charge in [-0.05, 0) is 57.3 Å². The fourth-order valence-corrected chi connectivity index (χ4v) is 3.60. The molecule has 0 amide bonds. The van der Waals surface area contributed by atoms with E-state index >= 15 is 0 Å². The van der Waals surface area contributed by atoms with Crippen molar-refractivity contribution < 1.29 is 9.31 Å². The third-order valence-electron chi connectivity index (χ3n) is 6.20. The molecule has 4 nitrogen and oxygen atoms in total. The summed E-state index contributed by atoms with van der Waals surface area (Å²) in [6.45, 7) is 19.7. The molecule has 0 atom stereocenters. The summed E-state index contributed by atoms with van der Waals surface area (Å²) in [6, 6.07) is 6.76. The van der Waals surface area contributed by atoms with Crippen molar-refractivity contribution in [1.29, 1.82) is 0 Å². The van der Waals surface area contributed by atoms with Gasteiger partial charge in [0.15, 0.2) is 0 Å². The monoisotopic (exact) mass is 358 g/mol. The molecule has 0 saturated carbocycles. The zero-order valence-electron chi connectivity index (χ0n) is 17.8. The fourth-order valence-electron chi connectivity index (χ4n) is 3.60. The fraction of sp³-hybridized carbons (Fsp3) is 0.714. The van der Waals surface area contributed by atoms with Crippen molar-refractivity contribution in [1.82, 2.24) is 4.90 Å². The molecule has 3 rings (SSSR count). The molecule has 2 heterocycles. The number of benzene rings is 1. The summed E-state index contributed by atoms with van der Waals surface area (Å²) < 4.78 is 12.5. The number of rotatable bonds is 2. The Hall–Kier alpha value is -1.04. The van der Waals surface area contributed by atoms with Crippen LogP contribution in [0.2, 0.25) is 0 Å². The predicted octanol–water partition coefficient (Wildman–Crippen LogP) is 3.04. The highest BCUT2D eigenvalue weighted by Gasteiger charge is 2.51. The number of likely N-dealkylation sites (N-methyl/N-ethyl adjacent to an activating group) is 1. The Kier molecular flexibility index (Phi) is 4.96. The Balaban J connectivity index is 1.93. The molecule has 2 aliphatic heterocycles. The molecule has 0 N–H and O–H groups in total. The molecular weight excluding hydrogens is 323 g/mol. The van der Waals surface area contributed by atoms with Crippen LogP contribution in [0, 0.1) is 0 Å². The van der Waals surface area contributed by atoms with Gasteiger partial charge in [-0.3, -0.25) is 0 Å². The van der Waals surface area contributed by atoms with Crippen molar-refractivity contribution in [3.63, 3.8) is 0 Å². The van der Waals surface area contributed by atoms with Gasteiger partial charge in [0.1, 0.15) is 0 Å². The van der Waals surface area contributed by atoms with Gasteiger partial charge in [-0.1, -0.05) is 32.9 Å². The minimum Gasteiger partial charge on any atom is -0.399 e. The van der Waals surface area contributed by atoms with Gasteiger partial charge in [-0.2, -0.15) is 0 Å². The first-order chi connectivity index (χ1) is 11.9. The maximum atomic E-state index is 6.27. The van der Waals surface area contributed by atoms with Crippen molar-refractivity contribution in [2.45, 2.75) is 65.1 Å². The van der Waals surface area contributed by atoms with E-state index in [2.05, 4.69) is 83.5 Å². The van der Waals surface area contributed by atoms with Crippen LogP contribution in [0.1, 0.15) is 54.0 Å². The van der Waals surface area contributed by atoms with Crippen LogP contribution < -0.4 is 10.4 Å². The molecule has 0 aromatic heterocycles. The molecule has 0 bridgehead atoms. The molecule has 2 fully saturated rings. The first-order valence-corrected chi connectivity index (χ1v) is 9.84. The van der Waals surface area contributed by atoms with Crippen LogP contribution in [0.25, 0.3) is 0 Å². The normalized spacial score (nSPS) is 23.5. The van der Waals surface area contributed by atoms with E-state index in [0.717, 1.165) is 31.6 Å². The van der Waals surface area contributed by atoms with Crippen LogP contribution in [0.15, 0.2) is 18.2 Å². The van der Waals surface area contributed by atoms with Crippen LogP contribution >= 0.6 is 0 Å². The molecule has 2 saturated heterocycles. The molecule has 0 aliphatic carbocycles. The quantitative estimate of drug-likeness (QED) is 0.759. The summed E-state index contributed by atoms with van der Waals surface area (Å²) in [4.78, 5) is 4.92. The number of nitrogens with zero attached hydrogens (tertiary/aromatic N) is 2. The van der Waals surface area contributed by atoms with Crippen LogP contribution in [-0.4, -0.2) is 56.4 Å². The topological polar surface area (TPSA) is 24.9 Å². The molecule has 5 heteroatoms. The van der Waals surface area contributed by atoms with Crippen LogP contribution in [0.3, 0.4) is 0 Å². The maximum absolute atomic E-state index is 6.27. The number of hydrogen-bond donors (Lipinski definition) is 0. The van der Waals surface area contributed by atoms with E-state index in [-0.39, 0.29) is 23.7 Å². The molecule has 0 radical (unpaired) electrons. The van der Waals surface area contributed by atoms with Crippen LogP contribution in [-0.2, 0) is 14.7 Å². The SMILES string of the molecule is CN1CCN(c2ccc(B3OC(C)(C)C(C)(C)O3)cc2C(C)(C)C)CC1. The Labute approximate surface area is 160 Å². The van der Waals surface area contributed by atoms with Crippen molar-refractivity contribution >= 4 is 18.3 Å². The third kappa shape index (κ3) is 3.67. The minimum absolute atomic E-state index is 0.0678. The van der Waals surface area contributed by atoms with Crippen LogP contribution in [0.4, 0.5) is 5.69 Å². The van der Waals surface area contributed by atoms with Gasteiger partial charge in [-0.15, -0.1) is 0 Å². The second kappa shape index (κ2) is 6.54. The van der Waals surface area contributed by atoms with Crippen molar-refractivity contribution in [2.24, 2.45) is 0 Å². The van der Waals surface area contributed by atoms with Gasteiger partial charge in [0.05, 0.1) is 11.2 Å². The van der Waals surface area contributed by atoms with Gasteiger partial charge >= 0.3 is 7.12 Å². The Morgan fingerprint density at radius 1 is 0.923 bits per heavy atom. The zero-order chi connectivity index (χ0) is 19.3. The predicted molar refractivity (Wildman–Crippen MR) is 111 cm³/mol. The molecule has 1 aromatic rings. The zero-order valence-corrected chi connectivity index (χ0v) is 17.8. The van der Waals surface area contributed by atoms with E-state index in [4.69, 9.17) is 9.31 Å². The average molecular weight is 358 g/mol. The summed E-state index contributed by atoms with van der Waals surface area (Å²) in [5.41, 5.74) is 3.29. The van der Waals surface area contributed by atoms with Gasteiger partial charge < -0.3 is 19.1 Å². The lowest BCUT2D eigenvalue weighted by Crippen LogP contribution is -2.45. The second-order valence-electron chi connectivity index (χ2n) is 9.91. The number of anilines is 1. The maximum Gasteiger partial charge on any atom is 0.494 e. The molecule has 144 valence electrons. The molecule has 0 spiro atoms. The summed E-state index contributed by atoms with van der Waals surface area (Å²) in [6.07, 6.45) is 0. The van der Waals surface area contributed by atoms with E-state index in [1.807, 2.05) is 0 Å². The van der Waals surface area contributed by atoms with Gasteiger partial charge in [0.25, 0.3) is 0 Å². The standard InChI is InChI=1S/C21H35BN2O2/c1-19(2,3)17-15-16(22-25-20(4,5)21(6,7)26-22)9-10-18(17)24-13-11-23(8)12-14-24/h9-10,15H,11-14H2,1-8H3. The summed E-state index contributed by atoms with van der Waals surface area (Å²) in [5, 5.41) is 0. The first-order valence-electron chi connectivity index (χ1n) is 9.84. The lowest BCUT2D eigenvalue weighted by atomic mass is 9.74. The smallest absolute Gasteiger partial charge is 0.399 e. The molecule has 1 aromatic carbocycles. The Bertz CT molecular complexity index is 642. The third-order valence-corrected chi connectivity index (χ3v) is 6.20. The lowest BCUT2D eigenvalue weighted by molar-refractivity contribution is 0.00578. The number of hydrogen-bond acceptors (Lipinski definition) is 4. The minimum atomic E-state index is -0.310. The summed E-state index contributed by atoms with van der Waals surface area (Å²) in [5.74, 6) is 0. The van der Waals surface area contributed by atoms with E-state index in [0.29, 0.717) is 0 Å². The van der Waals surface area contributed by atoms with Gasteiger partial charge in [0.2, 0.25) is 0 Å². The van der Waals surface area contributed by atoms with Gasteiger partial charge in [-0.25, -0.2) is 0 Å². The molecule has 26 heavy (non-hydrogen) atoms. The van der Waals surface area contributed by atoms with Crippen molar-refractivity contribution in [3.8, 4) is 0 Å². The Morgan fingerprint density at radius 2 is 1.46 bits per heavy atom.